The molecule has 2 heterocycles. The van der Waals surface area contributed by atoms with Crippen LogP contribution in [0.2, 0.25) is 0 Å². The number of fused-ring (bicyclic) bond motifs is 1. The molecule has 0 aliphatic rings. The maximum Gasteiger partial charge on any atom is 0.167 e. The molecule has 0 amide bonds. The summed E-state index contributed by atoms with van der Waals surface area (Å²) in [5.74, 6) is 0.216. The normalized spacial score (nSPS) is 10.9. The lowest BCUT2D eigenvalue weighted by Gasteiger charge is -2.10. The fraction of sp³-hybridized carbons (Fsp3) is 0.211. The molecule has 23 heavy (non-hydrogen) atoms. The number of aldehydes is 1. The highest BCUT2D eigenvalue weighted by atomic mass is 19.1. The second kappa shape index (κ2) is 6.24. The number of ether oxygens (including phenoxy) is 1. The number of benzene rings is 1. The molecule has 0 saturated heterocycles. The Labute approximate surface area is 134 Å². The summed E-state index contributed by atoms with van der Waals surface area (Å²) in [5.41, 5.74) is 3.80. The van der Waals surface area contributed by atoms with Crippen LogP contribution in [0.4, 0.5) is 4.39 Å². The van der Waals surface area contributed by atoms with E-state index in [1.807, 2.05) is 35.7 Å². The lowest BCUT2D eigenvalue weighted by Crippen LogP contribution is -1.97. The fourth-order valence-corrected chi connectivity index (χ4v) is 2.77. The molecule has 0 saturated carbocycles. The van der Waals surface area contributed by atoms with Gasteiger partial charge in [-0.3, -0.25) is 4.79 Å². The predicted octanol–water partition coefficient (Wildman–Crippen LogP) is 4.52. The van der Waals surface area contributed by atoms with Gasteiger partial charge in [0.1, 0.15) is 11.6 Å². The van der Waals surface area contributed by atoms with Gasteiger partial charge < -0.3 is 9.14 Å². The predicted molar refractivity (Wildman–Crippen MR) is 88.7 cm³/mol. The SMILES string of the molecule is CCOc1ccc(F)cc1-c1cc2ccc(CC)cn2c1C=O. The summed E-state index contributed by atoms with van der Waals surface area (Å²) in [5, 5.41) is 0. The van der Waals surface area contributed by atoms with Crippen LogP contribution in [0.1, 0.15) is 29.9 Å². The van der Waals surface area contributed by atoms with Gasteiger partial charge in [0.05, 0.1) is 12.3 Å². The maximum atomic E-state index is 13.7. The van der Waals surface area contributed by atoms with Gasteiger partial charge >= 0.3 is 0 Å². The zero-order chi connectivity index (χ0) is 16.4. The molecule has 2 aromatic heterocycles. The summed E-state index contributed by atoms with van der Waals surface area (Å²) in [6.45, 7) is 4.41. The van der Waals surface area contributed by atoms with E-state index < -0.39 is 0 Å². The quantitative estimate of drug-likeness (QED) is 0.649. The Morgan fingerprint density at radius 3 is 2.65 bits per heavy atom. The molecule has 0 fully saturated rings. The number of nitrogens with zero attached hydrogens (tertiary/aromatic N) is 1. The third kappa shape index (κ3) is 2.72. The van der Waals surface area contributed by atoms with E-state index in [0.717, 1.165) is 23.8 Å². The lowest BCUT2D eigenvalue weighted by atomic mass is 10.0. The first-order valence-electron chi connectivity index (χ1n) is 7.69. The molecule has 0 aliphatic heterocycles. The van der Waals surface area contributed by atoms with Crippen molar-refractivity contribution in [2.45, 2.75) is 20.3 Å². The summed E-state index contributed by atoms with van der Waals surface area (Å²) < 4.78 is 21.2. The molecular formula is C19H18FNO2. The van der Waals surface area contributed by atoms with Crippen molar-refractivity contribution in [3.63, 3.8) is 0 Å². The highest BCUT2D eigenvalue weighted by Gasteiger charge is 2.16. The molecule has 0 bridgehead atoms. The topological polar surface area (TPSA) is 30.7 Å². The Bertz CT molecular complexity index is 867. The first kappa shape index (κ1) is 15.3. The van der Waals surface area contributed by atoms with Gasteiger partial charge in [-0.05, 0) is 49.2 Å². The third-order valence-electron chi connectivity index (χ3n) is 3.92. The van der Waals surface area contributed by atoms with Crippen molar-refractivity contribution in [1.82, 2.24) is 4.40 Å². The number of aryl methyl sites for hydroxylation is 1. The minimum Gasteiger partial charge on any atom is -0.493 e. The van der Waals surface area contributed by atoms with Gasteiger partial charge in [0.25, 0.3) is 0 Å². The Morgan fingerprint density at radius 1 is 1.13 bits per heavy atom. The van der Waals surface area contributed by atoms with E-state index in [1.54, 1.807) is 6.07 Å². The Balaban J connectivity index is 2.28. The highest BCUT2D eigenvalue weighted by Crippen LogP contribution is 2.35. The highest BCUT2D eigenvalue weighted by molar-refractivity contribution is 5.91. The average molecular weight is 311 g/mol. The standard InChI is InChI=1S/C19H18FNO2/c1-3-13-5-7-15-10-16(18(12-22)21(15)11-13)17-9-14(20)6-8-19(17)23-4-2/h5-12H,3-4H2,1-2H3. The van der Waals surface area contributed by atoms with Crippen LogP contribution < -0.4 is 4.74 Å². The summed E-state index contributed by atoms with van der Waals surface area (Å²) in [6, 6.07) is 10.3. The number of pyridine rings is 1. The summed E-state index contributed by atoms with van der Waals surface area (Å²) in [7, 11) is 0. The van der Waals surface area contributed by atoms with Crippen molar-refractivity contribution in [3.05, 3.63) is 59.7 Å². The number of aromatic nitrogens is 1. The van der Waals surface area contributed by atoms with Crippen LogP contribution >= 0.6 is 0 Å². The molecule has 118 valence electrons. The van der Waals surface area contributed by atoms with Gasteiger partial charge in [-0.15, -0.1) is 0 Å². The molecule has 4 heteroatoms. The van der Waals surface area contributed by atoms with Crippen LogP contribution in [0.5, 0.6) is 5.75 Å². The zero-order valence-electron chi connectivity index (χ0n) is 13.2. The minimum atomic E-state index is -0.357. The third-order valence-corrected chi connectivity index (χ3v) is 3.92. The summed E-state index contributed by atoms with van der Waals surface area (Å²) >= 11 is 0. The number of hydrogen-bond donors (Lipinski definition) is 0. The van der Waals surface area contributed by atoms with E-state index in [1.165, 1.54) is 12.1 Å². The van der Waals surface area contributed by atoms with Gasteiger partial charge in [0, 0.05) is 22.8 Å². The maximum absolute atomic E-state index is 13.7. The Hall–Kier alpha value is -2.62. The summed E-state index contributed by atoms with van der Waals surface area (Å²) in [4.78, 5) is 11.7. The number of halogens is 1. The van der Waals surface area contributed by atoms with Crippen molar-refractivity contribution >= 4 is 11.8 Å². The lowest BCUT2D eigenvalue weighted by molar-refractivity contribution is 0.111. The van der Waals surface area contributed by atoms with Gasteiger partial charge in [-0.1, -0.05) is 13.0 Å². The minimum absolute atomic E-state index is 0.357. The molecule has 3 nitrogen and oxygen atoms in total. The van der Waals surface area contributed by atoms with Crippen LogP contribution in [-0.2, 0) is 6.42 Å². The largest absolute Gasteiger partial charge is 0.493 e. The van der Waals surface area contributed by atoms with E-state index in [2.05, 4.69) is 6.92 Å². The molecule has 0 aliphatic carbocycles. The van der Waals surface area contributed by atoms with Crippen molar-refractivity contribution in [2.24, 2.45) is 0 Å². The summed E-state index contributed by atoms with van der Waals surface area (Å²) in [6.07, 6.45) is 3.64. The van der Waals surface area contributed by atoms with E-state index in [0.29, 0.717) is 29.2 Å². The van der Waals surface area contributed by atoms with E-state index >= 15 is 0 Å². The molecule has 0 atom stereocenters. The number of hydrogen-bond acceptors (Lipinski definition) is 2. The van der Waals surface area contributed by atoms with Gasteiger partial charge in [-0.25, -0.2) is 4.39 Å². The van der Waals surface area contributed by atoms with Crippen LogP contribution in [0, 0.1) is 5.82 Å². The smallest absolute Gasteiger partial charge is 0.167 e. The van der Waals surface area contributed by atoms with Gasteiger partial charge in [-0.2, -0.15) is 0 Å². The first-order chi connectivity index (χ1) is 11.2. The molecule has 3 aromatic rings. The number of carbonyl (C=O) groups excluding carboxylic acids is 1. The molecule has 3 rings (SSSR count). The van der Waals surface area contributed by atoms with E-state index in [4.69, 9.17) is 4.74 Å². The molecule has 0 spiro atoms. The van der Waals surface area contributed by atoms with Crippen LogP contribution in [-0.4, -0.2) is 17.3 Å². The Kier molecular flexibility index (Phi) is 4.15. The van der Waals surface area contributed by atoms with Gasteiger partial charge in [0.15, 0.2) is 6.29 Å². The van der Waals surface area contributed by atoms with Gasteiger partial charge in [0.2, 0.25) is 0 Å². The average Bonchev–Trinajstić information content (AvgIpc) is 2.93. The molecule has 0 N–H and O–H groups in total. The number of carbonyl (C=O) groups is 1. The second-order valence-electron chi connectivity index (χ2n) is 5.32. The first-order valence-corrected chi connectivity index (χ1v) is 7.69. The van der Waals surface area contributed by atoms with E-state index in [-0.39, 0.29) is 5.82 Å². The van der Waals surface area contributed by atoms with Crippen molar-refractivity contribution in [3.8, 4) is 16.9 Å². The van der Waals surface area contributed by atoms with Crippen LogP contribution in [0.3, 0.4) is 0 Å². The monoisotopic (exact) mass is 311 g/mol. The van der Waals surface area contributed by atoms with Crippen molar-refractivity contribution in [1.29, 1.82) is 0 Å². The van der Waals surface area contributed by atoms with Crippen molar-refractivity contribution < 1.29 is 13.9 Å². The molecule has 1 aromatic carbocycles. The Morgan fingerprint density at radius 2 is 1.96 bits per heavy atom. The van der Waals surface area contributed by atoms with E-state index in [9.17, 15) is 9.18 Å². The molecular weight excluding hydrogens is 293 g/mol. The zero-order valence-corrected chi connectivity index (χ0v) is 13.2. The second-order valence-corrected chi connectivity index (χ2v) is 5.32. The van der Waals surface area contributed by atoms with Crippen molar-refractivity contribution in [2.75, 3.05) is 6.61 Å². The number of rotatable bonds is 5. The molecule has 0 radical (unpaired) electrons. The van der Waals surface area contributed by atoms with Crippen LogP contribution in [0.25, 0.3) is 16.6 Å². The fourth-order valence-electron chi connectivity index (χ4n) is 2.77. The molecule has 0 unspecified atom stereocenters. The van der Waals surface area contributed by atoms with Crippen LogP contribution in [0.15, 0.2) is 42.6 Å².